The molecule has 3 N–H and O–H groups in total. The Hall–Kier alpha value is -2.37. The summed E-state index contributed by atoms with van der Waals surface area (Å²) in [4.78, 5) is 12.1. The van der Waals surface area contributed by atoms with Crippen molar-refractivity contribution in [1.82, 2.24) is 0 Å². The van der Waals surface area contributed by atoms with Gasteiger partial charge in [0.1, 0.15) is 18.3 Å². The fourth-order valence-electron chi connectivity index (χ4n) is 2.42. The van der Waals surface area contributed by atoms with E-state index in [0.717, 1.165) is 11.1 Å². The number of aryl methyl sites for hydroxylation is 1. The Bertz CT molecular complexity index is 641. The fraction of sp³-hybridized carbons (Fsp3) is 0.316. The first-order valence-corrected chi connectivity index (χ1v) is 7.87. The van der Waals surface area contributed by atoms with Gasteiger partial charge in [0.25, 0.3) is 0 Å². The second-order valence-corrected chi connectivity index (χ2v) is 5.66. The number of ether oxygens (including phenoxy) is 1. The standard InChI is InChI=1S/C19H22O5/c20-12-17(19(23)24-13-15-5-2-1-3-6-15)18(22)10-9-14-7-4-8-16(21)11-14/h1-8,11,17-18,20-22H,9-10,12-13H2/t17-,18-/m0/s1. The van der Waals surface area contributed by atoms with Crippen LogP contribution >= 0.6 is 0 Å². The highest BCUT2D eigenvalue weighted by Crippen LogP contribution is 2.17. The molecule has 5 heteroatoms. The van der Waals surface area contributed by atoms with Crippen molar-refractivity contribution in [2.24, 2.45) is 5.92 Å². The lowest BCUT2D eigenvalue weighted by Gasteiger charge is -2.19. The second-order valence-electron chi connectivity index (χ2n) is 5.66. The number of carbonyl (C=O) groups is 1. The monoisotopic (exact) mass is 330 g/mol. The summed E-state index contributed by atoms with van der Waals surface area (Å²) < 4.78 is 5.17. The third kappa shape index (κ3) is 5.37. The van der Waals surface area contributed by atoms with Crippen molar-refractivity contribution < 1.29 is 24.9 Å². The molecule has 0 fully saturated rings. The molecule has 0 saturated carbocycles. The SMILES string of the molecule is O=C(OCc1ccccc1)[C@@H](CO)[C@@H](O)CCc1cccc(O)c1. The molecule has 0 aliphatic carbocycles. The number of phenols is 1. The van der Waals surface area contributed by atoms with E-state index in [0.29, 0.717) is 6.42 Å². The van der Waals surface area contributed by atoms with Crippen molar-refractivity contribution in [1.29, 1.82) is 0 Å². The predicted molar refractivity (Wildman–Crippen MR) is 89.2 cm³/mol. The van der Waals surface area contributed by atoms with Crippen LogP contribution in [0.2, 0.25) is 0 Å². The first-order chi connectivity index (χ1) is 11.6. The molecule has 0 aliphatic heterocycles. The number of aliphatic hydroxyl groups excluding tert-OH is 2. The Morgan fingerprint density at radius 3 is 2.42 bits per heavy atom. The van der Waals surface area contributed by atoms with Gasteiger partial charge in [-0.1, -0.05) is 42.5 Å². The Morgan fingerprint density at radius 2 is 1.75 bits per heavy atom. The summed E-state index contributed by atoms with van der Waals surface area (Å²) in [6, 6.07) is 15.9. The number of esters is 1. The van der Waals surface area contributed by atoms with Crippen LogP contribution in [0.1, 0.15) is 17.5 Å². The summed E-state index contributed by atoms with van der Waals surface area (Å²) in [5.74, 6) is -1.45. The molecule has 24 heavy (non-hydrogen) atoms. The van der Waals surface area contributed by atoms with Crippen molar-refractivity contribution in [3.05, 3.63) is 65.7 Å². The Kier molecular flexibility index (Phi) is 6.78. The maximum absolute atomic E-state index is 12.1. The van der Waals surface area contributed by atoms with Crippen molar-refractivity contribution in [2.45, 2.75) is 25.6 Å². The molecule has 0 radical (unpaired) electrons. The van der Waals surface area contributed by atoms with Crippen LogP contribution in [0.5, 0.6) is 5.75 Å². The topological polar surface area (TPSA) is 87.0 Å². The molecule has 0 heterocycles. The molecule has 2 atom stereocenters. The highest BCUT2D eigenvalue weighted by Gasteiger charge is 2.27. The van der Waals surface area contributed by atoms with E-state index >= 15 is 0 Å². The number of aliphatic hydroxyl groups is 2. The molecule has 0 amide bonds. The zero-order valence-corrected chi connectivity index (χ0v) is 13.3. The molecule has 5 nitrogen and oxygen atoms in total. The average Bonchev–Trinajstić information content (AvgIpc) is 2.60. The fourth-order valence-corrected chi connectivity index (χ4v) is 2.42. The van der Waals surface area contributed by atoms with Gasteiger partial charge in [-0.3, -0.25) is 4.79 Å². The van der Waals surface area contributed by atoms with E-state index in [9.17, 15) is 20.1 Å². The van der Waals surface area contributed by atoms with Crippen molar-refractivity contribution in [3.8, 4) is 5.75 Å². The molecular weight excluding hydrogens is 308 g/mol. The summed E-state index contributed by atoms with van der Waals surface area (Å²) in [6.45, 7) is -0.371. The quantitative estimate of drug-likeness (QED) is 0.645. The normalized spacial score (nSPS) is 13.2. The van der Waals surface area contributed by atoms with Gasteiger partial charge < -0.3 is 20.1 Å². The molecule has 0 saturated heterocycles. The minimum Gasteiger partial charge on any atom is -0.508 e. The van der Waals surface area contributed by atoms with E-state index in [2.05, 4.69) is 0 Å². The smallest absolute Gasteiger partial charge is 0.314 e. The number of benzene rings is 2. The van der Waals surface area contributed by atoms with Crippen molar-refractivity contribution in [2.75, 3.05) is 6.61 Å². The van der Waals surface area contributed by atoms with Gasteiger partial charge in [0, 0.05) is 0 Å². The highest BCUT2D eigenvalue weighted by molar-refractivity contribution is 5.73. The molecule has 2 aromatic carbocycles. The van der Waals surface area contributed by atoms with Gasteiger partial charge in [0.05, 0.1) is 12.7 Å². The lowest BCUT2D eigenvalue weighted by atomic mass is 9.97. The predicted octanol–water partition coefficient (Wildman–Crippen LogP) is 2.04. The average molecular weight is 330 g/mol. The van der Waals surface area contributed by atoms with Gasteiger partial charge in [-0.05, 0) is 36.1 Å². The van der Waals surface area contributed by atoms with Crippen LogP contribution in [-0.4, -0.2) is 34.0 Å². The number of hydrogen-bond acceptors (Lipinski definition) is 5. The van der Waals surface area contributed by atoms with Crippen LogP contribution in [0.3, 0.4) is 0 Å². The minimum absolute atomic E-state index is 0.107. The van der Waals surface area contributed by atoms with E-state index in [1.807, 2.05) is 36.4 Å². The van der Waals surface area contributed by atoms with Gasteiger partial charge in [-0.2, -0.15) is 0 Å². The van der Waals surface area contributed by atoms with E-state index in [1.54, 1.807) is 18.2 Å². The molecule has 128 valence electrons. The summed E-state index contributed by atoms with van der Waals surface area (Å²) in [6.07, 6.45) is -0.242. The lowest BCUT2D eigenvalue weighted by molar-refractivity contribution is -0.156. The van der Waals surface area contributed by atoms with Gasteiger partial charge in [-0.25, -0.2) is 0 Å². The molecule has 2 aromatic rings. The van der Waals surface area contributed by atoms with Gasteiger partial charge in [0.15, 0.2) is 0 Å². The van der Waals surface area contributed by atoms with Crippen LogP contribution in [0.15, 0.2) is 54.6 Å². The number of hydrogen-bond donors (Lipinski definition) is 3. The highest BCUT2D eigenvalue weighted by atomic mass is 16.5. The zero-order valence-electron chi connectivity index (χ0n) is 13.3. The Morgan fingerprint density at radius 1 is 1.04 bits per heavy atom. The van der Waals surface area contributed by atoms with E-state index in [1.165, 1.54) is 0 Å². The third-order valence-corrected chi connectivity index (χ3v) is 3.83. The molecule has 0 bridgehead atoms. The van der Waals surface area contributed by atoms with Crippen LogP contribution in [0, 0.1) is 5.92 Å². The maximum Gasteiger partial charge on any atom is 0.314 e. The maximum atomic E-state index is 12.1. The number of rotatable bonds is 8. The van der Waals surface area contributed by atoms with Gasteiger partial charge in [-0.15, -0.1) is 0 Å². The summed E-state index contributed by atoms with van der Waals surface area (Å²) in [5, 5.41) is 29.0. The van der Waals surface area contributed by atoms with Crippen LogP contribution in [-0.2, 0) is 22.6 Å². The van der Waals surface area contributed by atoms with Gasteiger partial charge >= 0.3 is 5.97 Å². The summed E-state index contributed by atoms with van der Waals surface area (Å²) in [7, 11) is 0. The zero-order chi connectivity index (χ0) is 17.4. The molecule has 2 rings (SSSR count). The minimum atomic E-state index is -1.01. The molecule has 0 spiro atoms. The summed E-state index contributed by atoms with van der Waals surface area (Å²) >= 11 is 0. The number of carbonyl (C=O) groups excluding carboxylic acids is 1. The number of aromatic hydroxyl groups is 1. The van der Waals surface area contributed by atoms with Gasteiger partial charge in [0.2, 0.25) is 0 Å². The molecular formula is C19H22O5. The van der Waals surface area contributed by atoms with Crippen LogP contribution in [0.4, 0.5) is 0 Å². The number of phenolic OH excluding ortho intramolecular Hbond substituents is 1. The Balaban J connectivity index is 1.85. The largest absolute Gasteiger partial charge is 0.508 e. The third-order valence-electron chi connectivity index (χ3n) is 3.83. The van der Waals surface area contributed by atoms with E-state index in [-0.39, 0.29) is 18.8 Å². The van der Waals surface area contributed by atoms with Crippen molar-refractivity contribution >= 4 is 5.97 Å². The van der Waals surface area contributed by atoms with Crippen LogP contribution in [0.25, 0.3) is 0 Å². The van der Waals surface area contributed by atoms with E-state index < -0.39 is 24.6 Å². The van der Waals surface area contributed by atoms with Crippen molar-refractivity contribution in [3.63, 3.8) is 0 Å². The molecule has 0 unspecified atom stereocenters. The summed E-state index contributed by atoms with van der Waals surface area (Å²) in [5.41, 5.74) is 1.69. The van der Waals surface area contributed by atoms with E-state index in [4.69, 9.17) is 4.74 Å². The Labute approximate surface area is 141 Å². The molecule has 0 aromatic heterocycles. The lowest BCUT2D eigenvalue weighted by Crippen LogP contribution is -2.33. The van der Waals surface area contributed by atoms with Crippen LogP contribution < -0.4 is 0 Å². The first kappa shape index (κ1) is 18.0. The first-order valence-electron chi connectivity index (χ1n) is 7.87. The second kappa shape index (κ2) is 9.05. The molecule has 0 aliphatic rings.